The van der Waals surface area contributed by atoms with Gasteiger partial charge in [-0.2, -0.15) is 0 Å². The lowest BCUT2D eigenvalue weighted by molar-refractivity contribution is -0.674. The van der Waals surface area contributed by atoms with Gasteiger partial charge in [-0.05, 0) is 6.42 Å². The summed E-state index contributed by atoms with van der Waals surface area (Å²) in [4.78, 5) is 0. The molecule has 0 saturated carbocycles. The third-order valence-electron chi connectivity index (χ3n) is 1.94. The molecule has 2 N–H and O–H groups in total. The zero-order chi connectivity index (χ0) is 5.98. The van der Waals surface area contributed by atoms with Gasteiger partial charge in [0, 0.05) is 11.8 Å². The molecule has 8 heavy (non-hydrogen) atoms. The fraction of sp³-hybridized carbons (Fsp3) is 1.00. The number of piperidine rings is 1. The molecule has 1 heterocycles. The molecule has 1 rings (SSSR count). The molecule has 0 aromatic heterocycles. The van der Waals surface area contributed by atoms with Gasteiger partial charge in [0.15, 0.2) is 0 Å². The number of hydrogen-bond acceptors (Lipinski definition) is 0. The first kappa shape index (κ1) is 6.09. The second kappa shape index (κ2) is 2.49. The van der Waals surface area contributed by atoms with Crippen molar-refractivity contribution >= 4 is 0 Å². The van der Waals surface area contributed by atoms with Gasteiger partial charge in [-0.1, -0.05) is 13.8 Å². The van der Waals surface area contributed by atoms with Crippen molar-refractivity contribution < 1.29 is 5.32 Å². The van der Waals surface area contributed by atoms with Crippen LogP contribution in [0.3, 0.4) is 0 Å². The third-order valence-corrected chi connectivity index (χ3v) is 1.94. The van der Waals surface area contributed by atoms with Gasteiger partial charge in [0.25, 0.3) is 0 Å². The molecular weight excluding hydrogens is 98.1 g/mol. The van der Waals surface area contributed by atoms with Crippen LogP contribution in [0, 0.1) is 11.8 Å². The minimum Gasteiger partial charge on any atom is -0.346 e. The Morgan fingerprint density at radius 3 is 1.88 bits per heavy atom. The van der Waals surface area contributed by atoms with Crippen molar-refractivity contribution in [2.75, 3.05) is 13.1 Å². The molecule has 0 aromatic rings. The average Bonchev–Trinajstić information content (AvgIpc) is 1.64. The second-order valence-corrected chi connectivity index (χ2v) is 3.21. The Labute approximate surface area is 51.5 Å². The zero-order valence-corrected chi connectivity index (χ0v) is 5.85. The van der Waals surface area contributed by atoms with Gasteiger partial charge in [-0.25, -0.2) is 0 Å². The molecule has 1 heteroatoms. The lowest BCUT2D eigenvalue weighted by Crippen LogP contribution is -2.88. The van der Waals surface area contributed by atoms with E-state index in [1.165, 1.54) is 19.5 Å². The molecule has 0 aromatic carbocycles. The van der Waals surface area contributed by atoms with E-state index in [1.807, 2.05) is 0 Å². The van der Waals surface area contributed by atoms with E-state index >= 15 is 0 Å². The molecule has 1 fully saturated rings. The smallest absolute Gasteiger partial charge is 0.0781 e. The predicted octanol–water partition coefficient (Wildman–Crippen LogP) is 0.226. The van der Waals surface area contributed by atoms with E-state index in [2.05, 4.69) is 19.2 Å². The van der Waals surface area contributed by atoms with E-state index in [-0.39, 0.29) is 0 Å². The van der Waals surface area contributed by atoms with Crippen LogP contribution in [-0.2, 0) is 0 Å². The molecule has 0 amide bonds. The van der Waals surface area contributed by atoms with Crippen molar-refractivity contribution in [1.29, 1.82) is 0 Å². The molecule has 2 atom stereocenters. The van der Waals surface area contributed by atoms with Crippen LogP contribution in [0.2, 0.25) is 0 Å². The largest absolute Gasteiger partial charge is 0.346 e. The quantitative estimate of drug-likeness (QED) is 0.464. The fourth-order valence-electron chi connectivity index (χ4n) is 1.54. The van der Waals surface area contributed by atoms with Crippen molar-refractivity contribution in [2.24, 2.45) is 11.8 Å². The van der Waals surface area contributed by atoms with Gasteiger partial charge in [0.05, 0.1) is 13.1 Å². The summed E-state index contributed by atoms with van der Waals surface area (Å²) in [6.45, 7) is 7.38. The summed E-state index contributed by atoms with van der Waals surface area (Å²) in [5.74, 6) is 1.91. The van der Waals surface area contributed by atoms with Crippen LogP contribution >= 0.6 is 0 Å². The fourth-order valence-corrected chi connectivity index (χ4v) is 1.54. The minimum atomic E-state index is 0.957. The molecule has 0 radical (unpaired) electrons. The van der Waals surface area contributed by atoms with Gasteiger partial charge in [0.1, 0.15) is 0 Å². The highest BCUT2D eigenvalue weighted by atomic mass is 14.9. The maximum atomic E-state index is 2.43. The highest BCUT2D eigenvalue weighted by molar-refractivity contribution is 4.59. The lowest BCUT2D eigenvalue weighted by atomic mass is 9.94. The summed E-state index contributed by atoms with van der Waals surface area (Å²) >= 11 is 0. The maximum absolute atomic E-state index is 2.43. The molecule has 1 nitrogen and oxygen atoms in total. The molecule has 0 aliphatic carbocycles. The topological polar surface area (TPSA) is 16.6 Å². The molecule has 1 aliphatic heterocycles. The number of quaternary nitrogens is 1. The van der Waals surface area contributed by atoms with Gasteiger partial charge in [-0.3, -0.25) is 0 Å². The van der Waals surface area contributed by atoms with Crippen LogP contribution in [-0.4, -0.2) is 13.1 Å². The Kier molecular flexibility index (Phi) is 1.90. The normalized spacial score (nSPS) is 39.8. The van der Waals surface area contributed by atoms with Crippen LogP contribution in [0.5, 0.6) is 0 Å². The van der Waals surface area contributed by atoms with Gasteiger partial charge >= 0.3 is 0 Å². The van der Waals surface area contributed by atoms with E-state index in [4.69, 9.17) is 0 Å². The molecule has 1 aliphatic rings. The van der Waals surface area contributed by atoms with Gasteiger partial charge in [0.2, 0.25) is 0 Å². The standard InChI is InChI=1S/C7H15N/c1-6-3-7(2)5-8-4-6/h6-8H,3-5H2,1-2H3/p+1/t6-,7-/m0/s1. The average molecular weight is 114 g/mol. The molecule has 0 spiro atoms. The SMILES string of the molecule is C[C@@H]1C[NH2+]C[C@@H](C)C1. The van der Waals surface area contributed by atoms with Crippen molar-refractivity contribution in [3.8, 4) is 0 Å². The van der Waals surface area contributed by atoms with E-state index in [0.29, 0.717) is 0 Å². The van der Waals surface area contributed by atoms with Gasteiger partial charge < -0.3 is 5.32 Å². The molecular formula is C7H16N+. The first-order valence-corrected chi connectivity index (χ1v) is 3.60. The van der Waals surface area contributed by atoms with Crippen molar-refractivity contribution in [3.63, 3.8) is 0 Å². The summed E-state index contributed by atoms with van der Waals surface area (Å²) in [5, 5.41) is 2.43. The summed E-state index contributed by atoms with van der Waals surface area (Å²) < 4.78 is 0. The van der Waals surface area contributed by atoms with Crippen molar-refractivity contribution in [1.82, 2.24) is 0 Å². The monoisotopic (exact) mass is 114 g/mol. The lowest BCUT2D eigenvalue weighted by Gasteiger charge is -2.21. The Morgan fingerprint density at radius 1 is 1.12 bits per heavy atom. The van der Waals surface area contributed by atoms with Crippen LogP contribution in [0.25, 0.3) is 0 Å². The molecule has 48 valence electrons. The Bertz CT molecular complexity index is 62.8. The van der Waals surface area contributed by atoms with Crippen molar-refractivity contribution in [3.05, 3.63) is 0 Å². The minimum absolute atomic E-state index is 0.957. The van der Waals surface area contributed by atoms with E-state index in [1.54, 1.807) is 0 Å². The maximum Gasteiger partial charge on any atom is 0.0781 e. The van der Waals surface area contributed by atoms with Crippen molar-refractivity contribution in [2.45, 2.75) is 20.3 Å². The van der Waals surface area contributed by atoms with E-state index < -0.39 is 0 Å². The molecule has 1 saturated heterocycles. The zero-order valence-electron chi connectivity index (χ0n) is 5.85. The first-order chi connectivity index (χ1) is 3.79. The summed E-state index contributed by atoms with van der Waals surface area (Å²) in [5.41, 5.74) is 0. The van der Waals surface area contributed by atoms with Crippen LogP contribution in [0.1, 0.15) is 20.3 Å². The number of nitrogens with two attached hydrogens (primary N) is 1. The van der Waals surface area contributed by atoms with Gasteiger partial charge in [-0.15, -0.1) is 0 Å². The summed E-state index contributed by atoms with van der Waals surface area (Å²) in [7, 11) is 0. The number of rotatable bonds is 0. The Balaban J connectivity index is 2.23. The summed E-state index contributed by atoms with van der Waals surface area (Å²) in [6.07, 6.45) is 1.44. The number of hydrogen-bond donors (Lipinski definition) is 1. The van der Waals surface area contributed by atoms with E-state index in [0.717, 1.165) is 11.8 Å². The summed E-state index contributed by atoms with van der Waals surface area (Å²) in [6, 6.07) is 0. The van der Waals surface area contributed by atoms with Crippen LogP contribution < -0.4 is 5.32 Å². The highest BCUT2D eigenvalue weighted by Gasteiger charge is 2.16. The Morgan fingerprint density at radius 2 is 1.62 bits per heavy atom. The highest BCUT2D eigenvalue weighted by Crippen LogP contribution is 2.10. The van der Waals surface area contributed by atoms with Crippen LogP contribution in [0.4, 0.5) is 0 Å². The van der Waals surface area contributed by atoms with E-state index in [9.17, 15) is 0 Å². The third kappa shape index (κ3) is 1.48. The molecule has 0 bridgehead atoms. The Hall–Kier alpha value is -0.0400. The first-order valence-electron chi connectivity index (χ1n) is 3.60. The van der Waals surface area contributed by atoms with Crippen LogP contribution in [0.15, 0.2) is 0 Å². The predicted molar refractivity (Wildman–Crippen MR) is 34.6 cm³/mol. The molecule has 0 unspecified atom stereocenters. The second-order valence-electron chi connectivity index (χ2n) is 3.21.